The van der Waals surface area contributed by atoms with Crippen molar-refractivity contribution in [1.29, 1.82) is 0 Å². The van der Waals surface area contributed by atoms with Crippen LogP contribution in [0.15, 0.2) is 54.6 Å². The van der Waals surface area contributed by atoms with Gasteiger partial charge in [0.2, 0.25) is 0 Å². The Morgan fingerprint density at radius 2 is 1.77 bits per heavy atom. The molecule has 1 amide bonds. The van der Waals surface area contributed by atoms with Crippen molar-refractivity contribution in [2.75, 3.05) is 0 Å². The number of carbonyl (C=O) groups excluding carboxylic acids is 2. The summed E-state index contributed by atoms with van der Waals surface area (Å²) in [4.78, 5) is 35.6. The number of rotatable bonds is 6. The Kier molecular flexibility index (Phi) is 5.78. The second kappa shape index (κ2) is 8.14. The van der Waals surface area contributed by atoms with Crippen LogP contribution in [0.25, 0.3) is 0 Å². The molecule has 0 aromatic heterocycles. The zero-order chi connectivity index (χ0) is 21.9. The number of carbonyl (C=O) groups is 2. The SMILES string of the molecule is CC(C)(C)OC(=O)N[C@@]1(C(=O)OCc2ccc([N+](=O)[O-])cc2)C[C@H]1c1ccccc1. The first-order chi connectivity index (χ1) is 14.1. The van der Waals surface area contributed by atoms with E-state index >= 15 is 0 Å². The number of alkyl carbamates (subject to hydrolysis) is 1. The number of hydrogen-bond donors (Lipinski definition) is 1. The summed E-state index contributed by atoms with van der Waals surface area (Å²) < 4.78 is 10.8. The number of ether oxygens (including phenoxy) is 2. The number of nitro groups is 1. The van der Waals surface area contributed by atoms with Crippen LogP contribution in [-0.2, 0) is 20.9 Å². The second-order valence-electron chi connectivity index (χ2n) is 8.27. The molecule has 1 N–H and O–H groups in total. The molecule has 3 rings (SSSR count). The molecule has 1 aliphatic carbocycles. The third-order valence-electron chi connectivity index (χ3n) is 4.77. The van der Waals surface area contributed by atoms with Crippen LogP contribution in [0, 0.1) is 10.1 Å². The third kappa shape index (κ3) is 4.94. The van der Waals surface area contributed by atoms with Gasteiger partial charge in [0.25, 0.3) is 5.69 Å². The maximum Gasteiger partial charge on any atom is 0.408 e. The normalized spacial score (nSPS) is 20.2. The first-order valence-corrected chi connectivity index (χ1v) is 9.57. The highest BCUT2D eigenvalue weighted by Gasteiger charge is 2.63. The fourth-order valence-electron chi connectivity index (χ4n) is 3.24. The van der Waals surface area contributed by atoms with Crippen molar-refractivity contribution in [1.82, 2.24) is 5.32 Å². The van der Waals surface area contributed by atoms with Gasteiger partial charge >= 0.3 is 12.1 Å². The summed E-state index contributed by atoms with van der Waals surface area (Å²) >= 11 is 0. The minimum Gasteiger partial charge on any atom is -0.459 e. The van der Waals surface area contributed by atoms with Gasteiger partial charge in [-0.25, -0.2) is 9.59 Å². The van der Waals surface area contributed by atoms with Crippen LogP contribution in [0.3, 0.4) is 0 Å². The molecule has 158 valence electrons. The molecular weight excluding hydrogens is 388 g/mol. The number of esters is 1. The van der Waals surface area contributed by atoms with Gasteiger partial charge in [0, 0.05) is 18.1 Å². The predicted molar refractivity (Wildman–Crippen MR) is 109 cm³/mol. The molecule has 0 spiro atoms. The van der Waals surface area contributed by atoms with Crippen molar-refractivity contribution in [3.05, 3.63) is 75.8 Å². The van der Waals surface area contributed by atoms with Crippen molar-refractivity contribution in [2.45, 2.75) is 50.9 Å². The number of nitrogens with zero attached hydrogens (tertiary/aromatic N) is 1. The maximum absolute atomic E-state index is 13.0. The van der Waals surface area contributed by atoms with Gasteiger partial charge in [-0.1, -0.05) is 30.3 Å². The molecule has 2 atom stereocenters. The number of non-ortho nitro benzene ring substituents is 1. The molecule has 0 unspecified atom stereocenters. The lowest BCUT2D eigenvalue weighted by Crippen LogP contribution is -2.47. The molecule has 0 radical (unpaired) electrons. The van der Waals surface area contributed by atoms with Gasteiger partial charge in [0.05, 0.1) is 4.92 Å². The highest BCUT2D eigenvalue weighted by atomic mass is 16.6. The first-order valence-electron chi connectivity index (χ1n) is 9.57. The molecule has 0 saturated heterocycles. The molecule has 0 bridgehead atoms. The van der Waals surface area contributed by atoms with E-state index in [2.05, 4.69) is 5.32 Å². The molecule has 2 aromatic carbocycles. The largest absolute Gasteiger partial charge is 0.459 e. The smallest absolute Gasteiger partial charge is 0.408 e. The van der Waals surface area contributed by atoms with E-state index in [1.54, 1.807) is 20.8 Å². The van der Waals surface area contributed by atoms with Crippen LogP contribution in [0.4, 0.5) is 10.5 Å². The highest BCUT2D eigenvalue weighted by Crippen LogP contribution is 2.52. The maximum atomic E-state index is 13.0. The molecule has 2 aromatic rings. The highest BCUT2D eigenvalue weighted by molar-refractivity contribution is 5.91. The van der Waals surface area contributed by atoms with E-state index in [4.69, 9.17) is 9.47 Å². The van der Waals surface area contributed by atoms with E-state index in [0.29, 0.717) is 12.0 Å². The summed E-state index contributed by atoms with van der Waals surface area (Å²) in [6, 6.07) is 15.2. The van der Waals surface area contributed by atoms with Crippen LogP contribution < -0.4 is 5.32 Å². The fraction of sp³-hybridized carbons (Fsp3) is 0.364. The molecule has 0 heterocycles. The van der Waals surface area contributed by atoms with E-state index in [1.807, 2.05) is 30.3 Å². The average Bonchev–Trinajstić information content (AvgIpc) is 3.40. The summed E-state index contributed by atoms with van der Waals surface area (Å²) in [5, 5.41) is 13.5. The third-order valence-corrected chi connectivity index (χ3v) is 4.77. The van der Waals surface area contributed by atoms with Crippen LogP contribution >= 0.6 is 0 Å². The van der Waals surface area contributed by atoms with Crippen molar-refractivity contribution >= 4 is 17.7 Å². The zero-order valence-corrected chi connectivity index (χ0v) is 17.1. The lowest BCUT2D eigenvalue weighted by Gasteiger charge is -2.23. The molecule has 30 heavy (non-hydrogen) atoms. The topological polar surface area (TPSA) is 108 Å². The van der Waals surface area contributed by atoms with Gasteiger partial charge in [0.1, 0.15) is 17.7 Å². The molecule has 8 nitrogen and oxygen atoms in total. The van der Waals surface area contributed by atoms with Crippen molar-refractivity contribution < 1.29 is 24.0 Å². The van der Waals surface area contributed by atoms with Crippen molar-refractivity contribution in [2.24, 2.45) is 0 Å². The molecular formula is C22H24N2O6. The zero-order valence-electron chi connectivity index (χ0n) is 17.1. The van der Waals surface area contributed by atoms with E-state index in [0.717, 1.165) is 5.56 Å². The minimum atomic E-state index is -1.20. The van der Waals surface area contributed by atoms with E-state index < -0.39 is 28.1 Å². The summed E-state index contributed by atoms with van der Waals surface area (Å²) in [7, 11) is 0. The Morgan fingerprint density at radius 3 is 2.33 bits per heavy atom. The lowest BCUT2D eigenvalue weighted by molar-refractivity contribution is -0.384. The average molecular weight is 412 g/mol. The Hall–Kier alpha value is -3.42. The van der Waals surface area contributed by atoms with Crippen molar-refractivity contribution in [3.63, 3.8) is 0 Å². The summed E-state index contributed by atoms with van der Waals surface area (Å²) in [5.74, 6) is -0.795. The first kappa shape index (κ1) is 21.3. The van der Waals surface area contributed by atoms with Gasteiger partial charge in [-0.15, -0.1) is 0 Å². The van der Waals surface area contributed by atoms with Gasteiger partial charge in [-0.3, -0.25) is 10.1 Å². The monoisotopic (exact) mass is 412 g/mol. The second-order valence-corrected chi connectivity index (χ2v) is 8.27. The molecule has 1 aliphatic rings. The van der Waals surface area contributed by atoms with Crippen LogP contribution in [0.1, 0.15) is 44.2 Å². The molecule has 8 heteroatoms. The Balaban J connectivity index is 1.72. The van der Waals surface area contributed by atoms with Gasteiger partial charge in [0.15, 0.2) is 0 Å². The fourth-order valence-corrected chi connectivity index (χ4v) is 3.24. The van der Waals surface area contributed by atoms with E-state index in [1.165, 1.54) is 24.3 Å². The number of benzene rings is 2. The molecule has 1 fully saturated rings. The van der Waals surface area contributed by atoms with E-state index in [-0.39, 0.29) is 18.2 Å². The minimum absolute atomic E-state index is 0.0422. The number of nitro benzene ring substituents is 1. The molecule has 1 saturated carbocycles. The quantitative estimate of drug-likeness (QED) is 0.435. The van der Waals surface area contributed by atoms with Gasteiger partial charge < -0.3 is 14.8 Å². The van der Waals surface area contributed by atoms with Crippen LogP contribution in [-0.4, -0.2) is 28.1 Å². The van der Waals surface area contributed by atoms with E-state index in [9.17, 15) is 19.7 Å². The molecule has 0 aliphatic heterocycles. The Labute approximate surface area is 174 Å². The lowest BCUT2D eigenvalue weighted by atomic mass is 10.1. The number of amides is 1. The van der Waals surface area contributed by atoms with Gasteiger partial charge in [-0.2, -0.15) is 0 Å². The van der Waals surface area contributed by atoms with Crippen molar-refractivity contribution in [3.8, 4) is 0 Å². The van der Waals surface area contributed by atoms with Crippen LogP contribution in [0.5, 0.6) is 0 Å². The number of nitrogens with one attached hydrogen (secondary N) is 1. The summed E-state index contributed by atoms with van der Waals surface area (Å²) in [6.45, 7) is 5.17. The summed E-state index contributed by atoms with van der Waals surface area (Å²) in [5.41, 5.74) is -0.422. The predicted octanol–water partition coefficient (Wildman–Crippen LogP) is 4.09. The standard InChI is InChI=1S/C22H24N2O6/c1-21(2,3)30-20(26)23-22(13-18(22)16-7-5-4-6-8-16)19(25)29-14-15-9-11-17(12-10-15)24(27)28/h4-12,18H,13-14H2,1-3H3,(H,23,26)/t18-,22-/m0/s1. The Morgan fingerprint density at radius 1 is 1.13 bits per heavy atom. The van der Waals surface area contributed by atoms with Gasteiger partial charge in [-0.05, 0) is 50.5 Å². The van der Waals surface area contributed by atoms with Crippen LogP contribution in [0.2, 0.25) is 0 Å². The summed E-state index contributed by atoms with van der Waals surface area (Å²) in [6.07, 6.45) is -0.289. The number of hydrogen-bond acceptors (Lipinski definition) is 6. The Bertz CT molecular complexity index is 936.